The Labute approximate surface area is 163 Å². The van der Waals surface area contributed by atoms with Gasteiger partial charge < -0.3 is 15.1 Å². The van der Waals surface area contributed by atoms with E-state index < -0.39 is 0 Å². The lowest BCUT2D eigenvalue weighted by Gasteiger charge is -2.33. The van der Waals surface area contributed by atoms with Gasteiger partial charge in [0, 0.05) is 51.2 Å². The zero-order valence-corrected chi connectivity index (χ0v) is 16.7. The monoisotopic (exact) mass is 376 g/mol. The molecule has 0 bridgehead atoms. The van der Waals surface area contributed by atoms with Gasteiger partial charge in [0.05, 0.1) is 0 Å². The van der Waals surface area contributed by atoms with Crippen LogP contribution in [0.5, 0.6) is 0 Å². The lowest BCUT2D eigenvalue weighted by molar-refractivity contribution is -0.132. The van der Waals surface area contributed by atoms with E-state index in [1.54, 1.807) is 0 Å². The van der Waals surface area contributed by atoms with Crippen LogP contribution in [0.1, 0.15) is 64.2 Å². The van der Waals surface area contributed by atoms with Crippen molar-refractivity contribution in [3.05, 3.63) is 0 Å². The zero-order valence-electron chi connectivity index (χ0n) is 16.7. The average Bonchev–Trinajstić information content (AvgIpc) is 3.25. The maximum absolute atomic E-state index is 12.8. The van der Waals surface area contributed by atoms with Gasteiger partial charge in [-0.15, -0.1) is 0 Å². The Balaban J connectivity index is 1.25. The van der Waals surface area contributed by atoms with Crippen molar-refractivity contribution < 1.29 is 9.59 Å². The first kappa shape index (κ1) is 19.0. The Morgan fingerprint density at radius 2 is 1.48 bits per heavy atom. The maximum Gasteiger partial charge on any atom is 0.317 e. The van der Waals surface area contributed by atoms with Gasteiger partial charge >= 0.3 is 6.03 Å². The van der Waals surface area contributed by atoms with Gasteiger partial charge in [-0.2, -0.15) is 0 Å². The van der Waals surface area contributed by atoms with Crippen molar-refractivity contribution in [2.45, 2.75) is 76.3 Å². The van der Waals surface area contributed by atoms with E-state index in [2.05, 4.69) is 10.2 Å². The largest absolute Gasteiger partial charge is 0.341 e. The van der Waals surface area contributed by atoms with Crippen LogP contribution in [0, 0.1) is 5.92 Å². The Kier molecular flexibility index (Phi) is 6.21. The number of hydrogen-bond donors (Lipinski definition) is 1. The van der Waals surface area contributed by atoms with Gasteiger partial charge in [0.2, 0.25) is 5.91 Å². The summed E-state index contributed by atoms with van der Waals surface area (Å²) in [5, 5.41) is 3.32. The smallest absolute Gasteiger partial charge is 0.317 e. The standard InChI is InChI=1S/C21H36N4O2/c26-20(16-17-6-1-2-7-17)24-11-5-12-25(15-14-24)21(27)22-18-9-13-23-10-4-3-8-19(18)23/h17-19H,1-16H2,(H,22,27). The number of rotatable bonds is 3. The maximum atomic E-state index is 12.8. The number of hydrogen-bond acceptors (Lipinski definition) is 3. The van der Waals surface area contributed by atoms with Gasteiger partial charge in [-0.05, 0) is 51.0 Å². The topological polar surface area (TPSA) is 55.9 Å². The molecule has 0 spiro atoms. The van der Waals surface area contributed by atoms with E-state index in [0.29, 0.717) is 43.4 Å². The lowest BCUT2D eigenvalue weighted by Crippen LogP contribution is -2.51. The Morgan fingerprint density at radius 1 is 0.741 bits per heavy atom. The van der Waals surface area contributed by atoms with Gasteiger partial charge in [0.25, 0.3) is 0 Å². The molecule has 3 aliphatic heterocycles. The van der Waals surface area contributed by atoms with Crippen molar-refractivity contribution in [2.24, 2.45) is 5.92 Å². The van der Waals surface area contributed by atoms with Crippen molar-refractivity contribution in [1.82, 2.24) is 20.0 Å². The van der Waals surface area contributed by atoms with Crippen LogP contribution in [0.3, 0.4) is 0 Å². The Hall–Kier alpha value is -1.30. The van der Waals surface area contributed by atoms with E-state index in [1.807, 2.05) is 9.80 Å². The third kappa shape index (κ3) is 4.58. The van der Waals surface area contributed by atoms with Gasteiger partial charge in [0.15, 0.2) is 0 Å². The highest BCUT2D eigenvalue weighted by atomic mass is 16.2. The number of nitrogens with one attached hydrogen (secondary N) is 1. The fourth-order valence-electron chi connectivity index (χ4n) is 5.63. The van der Waals surface area contributed by atoms with Crippen molar-refractivity contribution >= 4 is 11.9 Å². The number of fused-ring (bicyclic) bond motifs is 1. The van der Waals surface area contributed by atoms with Gasteiger partial charge in [0.1, 0.15) is 0 Å². The summed E-state index contributed by atoms with van der Waals surface area (Å²) in [4.78, 5) is 31.9. The summed E-state index contributed by atoms with van der Waals surface area (Å²) in [6.45, 7) is 5.25. The molecule has 0 aromatic carbocycles. The molecule has 2 unspecified atom stereocenters. The third-order valence-corrected chi connectivity index (χ3v) is 7.24. The molecule has 0 aromatic rings. The quantitative estimate of drug-likeness (QED) is 0.823. The molecule has 0 aromatic heterocycles. The molecule has 3 saturated heterocycles. The lowest BCUT2D eigenvalue weighted by atomic mass is 9.99. The van der Waals surface area contributed by atoms with Crippen LogP contribution in [0.2, 0.25) is 0 Å². The number of carbonyl (C=O) groups excluding carboxylic acids is 2. The molecule has 3 amide bonds. The second-order valence-corrected chi connectivity index (χ2v) is 9.02. The Bertz CT molecular complexity index is 534. The molecule has 6 nitrogen and oxygen atoms in total. The molecule has 4 rings (SSSR count). The summed E-state index contributed by atoms with van der Waals surface area (Å²) in [6, 6.07) is 0.929. The summed E-state index contributed by atoms with van der Waals surface area (Å²) in [5.74, 6) is 0.902. The van der Waals surface area contributed by atoms with E-state index in [1.165, 1.54) is 51.5 Å². The van der Waals surface area contributed by atoms with Crippen molar-refractivity contribution in [3.63, 3.8) is 0 Å². The number of nitrogens with zero attached hydrogens (tertiary/aromatic N) is 3. The predicted molar refractivity (Wildman–Crippen MR) is 105 cm³/mol. The zero-order chi connectivity index (χ0) is 18.6. The van der Waals surface area contributed by atoms with Crippen LogP contribution in [0.15, 0.2) is 0 Å². The second kappa shape index (κ2) is 8.80. The first-order valence-electron chi connectivity index (χ1n) is 11.3. The van der Waals surface area contributed by atoms with Crippen LogP contribution >= 0.6 is 0 Å². The fourth-order valence-corrected chi connectivity index (χ4v) is 5.63. The van der Waals surface area contributed by atoms with E-state index in [0.717, 1.165) is 32.5 Å². The number of piperidine rings is 1. The third-order valence-electron chi connectivity index (χ3n) is 7.24. The van der Waals surface area contributed by atoms with Crippen LogP contribution < -0.4 is 5.32 Å². The minimum Gasteiger partial charge on any atom is -0.341 e. The number of amides is 3. The molecule has 1 N–H and O–H groups in total. The molecule has 6 heteroatoms. The molecule has 1 aliphatic carbocycles. The number of carbonyl (C=O) groups is 2. The van der Waals surface area contributed by atoms with Crippen LogP contribution in [-0.4, -0.2) is 78.0 Å². The van der Waals surface area contributed by atoms with Crippen LogP contribution in [0.4, 0.5) is 4.79 Å². The molecule has 152 valence electrons. The highest BCUT2D eigenvalue weighted by Crippen LogP contribution is 2.29. The van der Waals surface area contributed by atoms with E-state index in [4.69, 9.17) is 0 Å². The summed E-state index contributed by atoms with van der Waals surface area (Å²) in [5.41, 5.74) is 0. The second-order valence-electron chi connectivity index (χ2n) is 9.02. The normalized spacial score (nSPS) is 30.2. The van der Waals surface area contributed by atoms with E-state index in [-0.39, 0.29) is 6.03 Å². The molecular formula is C21H36N4O2. The first-order chi connectivity index (χ1) is 13.2. The van der Waals surface area contributed by atoms with Crippen LogP contribution in [-0.2, 0) is 4.79 Å². The SMILES string of the molecule is O=C(CC1CCCC1)N1CCCN(C(=O)NC2CCN3CCCCC23)CC1. The van der Waals surface area contributed by atoms with Crippen molar-refractivity contribution in [1.29, 1.82) is 0 Å². The van der Waals surface area contributed by atoms with Gasteiger partial charge in [-0.25, -0.2) is 4.79 Å². The van der Waals surface area contributed by atoms with E-state index in [9.17, 15) is 9.59 Å². The van der Waals surface area contributed by atoms with Gasteiger partial charge in [-0.3, -0.25) is 9.69 Å². The summed E-state index contributed by atoms with van der Waals surface area (Å²) in [7, 11) is 0. The molecule has 4 aliphatic rings. The van der Waals surface area contributed by atoms with Crippen molar-refractivity contribution in [2.75, 3.05) is 39.3 Å². The molecular weight excluding hydrogens is 340 g/mol. The summed E-state index contributed by atoms with van der Waals surface area (Å²) >= 11 is 0. The highest BCUT2D eigenvalue weighted by molar-refractivity contribution is 5.77. The minimum atomic E-state index is 0.0810. The molecule has 0 radical (unpaired) electrons. The molecule has 27 heavy (non-hydrogen) atoms. The molecule has 2 atom stereocenters. The molecule has 1 saturated carbocycles. The van der Waals surface area contributed by atoms with Crippen molar-refractivity contribution in [3.8, 4) is 0 Å². The fraction of sp³-hybridized carbons (Fsp3) is 0.905. The number of urea groups is 1. The molecule has 4 fully saturated rings. The summed E-state index contributed by atoms with van der Waals surface area (Å²) in [6.07, 6.45) is 11.5. The Morgan fingerprint density at radius 3 is 2.33 bits per heavy atom. The average molecular weight is 377 g/mol. The first-order valence-corrected chi connectivity index (χ1v) is 11.3. The highest BCUT2D eigenvalue weighted by Gasteiger charge is 2.37. The van der Waals surface area contributed by atoms with Gasteiger partial charge in [-0.1, -0.05) is 19.3 Å². The predicted octanol–water partition coefficient (Wildman–Crippen LogP) is 2.44. The van der Waals surface area contributed by atoms with E-state index >= 15 is 0 Å². The minimum absolute atomic E-state index is 0.0810. The summed E-state index contributed by atoms with van der Waals surface area (Å²) < 4.78 is 0. The van der Waals surface area contributed by atoms with Crippen LogP contribution in [0.25, 0.3) is 0 Å². The molecule has 3 heterocycles.